The highest BCUT2D eigenvalue weighted by molar-refractivity contribution is 5.93. The van der Waals surface area contributed by atoms with E-state index in [-0.39, 0.29) is 48.4 Å². The third-order valence-electron chi connectivity index (χ3n) is 6.80. The number of ether oxygens (including phenoxy) is 1. The van der Waals surface area contributed by atoms with Gasteiger partial charge in [-0.1, -0.05) is 18.2 Å². The first-order valence-corrected chi connectivity index (χ1v) is 11.8. The average molecular weight is 499 g/mol. The molecule has 1 fully saturated rings. The second kappa shape index (κ2) is 10.1. The molecule has 7 nitrogen and oxygen atoms in total. The fraction of sp³-hybridized carbons (Fsp3) is 0.346. The smallest absolute Gasteiger partial charge is 0.274 e. The summed E-state index contributed by atoms with van der Waals surface area (Å²) in [5, 5.41) is 2.70. The molecule has 3 heterocycles. The van der Waals surface area contributed by atoms with Crippen LogP contribution in [0.2, 0.25) is 0 Å². The van der Waals surface area contributed by atoms with Crippen LogP contribution < -0.4 is 5.32 Å². The molecule has 0 radical (unpaired) electrons. The van der Waals surface area contributed by atoms with Crippen molar-refractivity contribution in [2.45, 2.75) is 38.6 Å². The lowest BCUT2D eigenvalue weighted by molar-refractivity contribution is -0.126. The van der Waals surface area contributed by atoms with Crippen LogP contribution in [-0.2, 0) is 29.2 Å². The SMILES string of the molecule is O=C(NCc1ccc(F)cc1F)C1CCN(C(=O)c2ncn3c2COC(c2ccc(F)cc2)C3)CC1. The van der Waals surface area contributed by atoms with Crippen molar-refractivity contribution in [3.8, 4) is 0 Å². The molecule has 188 valence electrons. The summed E-state index contributed by atoms with van der Waals surface area (Å²) in [6.07, 6.45) is 2.31. The van der Waals surface area contributed by atoms with Crippen LogP contribution in [0.3, 0.4) is 0 Å². The van der Waals surface area contributed by atoms with E-state index in [0.29, 0.717) is 43.9 Å². The van der Waals surface area contributed by atoms with Crippen molar-refractivity contribution in [3.05, 3.63) is 88.8 Å². The molecule has 0 aliphatic carbocycles. The van der Waals surface area contributed by atoms with Gasteiger partial charge in [0.25, 0.3) is 5.91 Å². The van der Waals surface area contributed by atoms with Crippen LogP contribution >= 0.6 is 0 Å². The summed E-state index contributed by atoms with van der Waals surface area (Å²) in [7, 11) is 0. The number of carbonyl (C=O) groups excluding carboxylic acids is 2. The molecule has 1 atom stereocenters. The Morgan fingerprint density at radius 1 is 1.03 bits per heavy atom. The zero-order chi connectivity index (χ0) is 25.2. The number of piperidine rings is 1. The van der Waals surface area contributed by atoms with E-state index >= 15 is 0 Å². The molecule has 2 aliphatic rings. The van der Waals surface area contributed by atoms with Crippen molar-refractivity contribution in [1.29, 1.82) is 0 Å². The van der Waals surface area contributed by atoms with Gasteiger partial charge in [-0.3, -0.25) is 9.59 Å². The zero-order valence-electron chi connectivity index (χ0n) is 19.4. The third kappa shape index (κ3) is 4.99. The summed E-state index contributed by atoms with van der Waals surface area (Å²) in [5.41, 5.74) is 2.10. The fourth-order valence-corrected chi connectivity index (χ4v) is 4.67. The number of nitrogens with one attached hydrogen (secondary N) is 1. The van der Waals surface area contributed by atoms with Crippen molar-refractivity contribution in [1.82, 2.24) is 19.8 Å². The van der Waals surface area contributed by atoms with Gasteiger partial charge in [-0.15, -0.1) is 0 Å². The van der Waals surface area contributed by atoms with E-state index in [0.717, 1.165) is 17.7 Å². The highest BCUT2D eigenvalue weighted by atomic mass is 19.1. The highest BCUT2D eigenvalue weighted by Gasteiger charge is 2.32. The van der Waals surface area contributed by atoms with Gasteiger partial charge in [0.15, 0.2) is 5.69 Å². The minimum absolute atomic E-state index is 0.0240. The standard InChI is InChI=1S/C26H25F3N4O3/c27-19-4-1-16(2-5-19)23-13-33-15-31-24(22(33)14-36-23)26(35)32-9-7-17(8-10-32)25(34)30-12-18-3-6-20(28)11-21(18)29/h1-6,11,15,17,23H,7-10,12-14H2,(H,30,34). The Morgan fingerprint density at radius 3 is 2.47 bits per heavy atom. The molecule has 0 spiro atoms. The Balaban J connectivity index is 1.15. The van der Waals surface area contributed by atoms with Crippen LogP contribution in [0.1, 0.15) is 46.3 Å². The van der Waals surface area contributed by atoms with E-state index in [1.807, 2.05) is 4.57 Å². The predicted octanol–water partition coefficient (Wildman–Crippen LogP) is 3.74. The highest BCUT2D eigenvalue weighted by Crippen LogP contribution is 2.29. The number of aromatic nitrogens is 2. The van der Waals surface area contributed by atoms with Crippen LogP contribution in [0.25, 0.3) is 0 Å². The van der Waals surface area contributed by atoms with Gasteiger partial charge >= 0.3 is 0 Å². The van der Waals surface area contributed by atoms with Crippen molar-refractivity contribution >= 4 is 11.8 Å². The Labute approximate surface area is 205 Å². The van der Waals surface area contributed by atoms with Crippen molar-refractivity contribution in [3.63, 3.8) is 0 Å². The molecule has 1 saturated heterocycles. The van der Waals surface area contributed by atoms with Crippen LogP contribution in [0, 0.1) is 23.4 Å². The van der Waals surface area contributed by atoms with E-state index < -0.39 is 11.6 Å². The van der Waals surface area contributed by atoms with Gasteiger partial charge in [0.2, 0.25) is 5.91 Å². The molecule has 0 saturated carbocycles. The van der Waals surface area contributed by atoms with E-state index in [2.05, 4.69) is 10.3 Å². The van der Waals surface area contributed by atoms with Gasteiger partial charge in [-0.2, -0.15) is 0 Å². The summed E-state index contributed by atoms with van der Waals surface area (Å²) in [6, 6.07) is 9.40. The molecule has 1 aromatic heterocycles. The molecule has 2 aromatic carbocycles. The minimum Gasteiger partial charge on any atom is -0.365 e. The lowest BCUT2D eigenvalue weighted by atomic mass is 9.95. The van der Waals surface area contributed by atoms with Gasteiger partial charge in [0, 0.05) is 37.2 Å². The Hall–Kier alpha value is -3.66. The maximum atomic E-state index is 13.8. The molecule has 10 heteroatoms. The number of amides is 2. The number of carbonyl (C=O) groups is 2. The molecule has 2 aliphatic heterocycles. The van der Waals surface area contributed by atoms with Crippen LogP contribution in [-0.4, -0.2) is 39.4 Å². The second-order valence-electron chi connectivity index (χ2n) is 9.06. The average Bonchev–Trinajstić information content (AvgIpc) is 3.31. The monoisotopic (exact) mass is 498 g/mol. The Bertz CT molecular complexity index is 1270. The van der Waals surface area contributed by atoms with Crippen molar-refractivity contribution < 1.29 is 27.5 Å². The second-order valence-corrected chi connectivity index (χ2v) is 9.06. The maximum absolute atomic E-state index is 13.8. The van der Waals surface area contributed by atoms with Gasteiger partial charge in [0.05, 0.1) is 25.2 Å². The number of hydrogen-bond acceptors (Lipinski definition) is 4. The number of rotatable bonds is 5. The van der Waals surface area contributed by atoms with Crippen LogP contribution in [0.4, 0.5) is 13.2 Å². The van der Waals surface area contributed by atoms with Gasteiger partial charge < -0.3 is 19.5 Å². The van der Waals surface area contributed by atoms with E-state index in [9.17, 15) is 22.8 Å². The number of fused-ring (bicyclic) bond motifs is 1. The minimum atomic E-state index is -0.702. The predicted molar refractivity (Wildman–Crippen MR) is 123 cm³/mol. The van der Waals surface area contributed by atoms with Crippen molar-refractivity contribution in [2.75, 3.05) is 13.1 Å². The topological polar surface area (TPSA) is 76.5 Å². The third-order valence-corrected chi connectivity index (χ3v) is 6.80. The molecule has 2 amide bonds. The Kier molecular flexibility index (Phi) is 6.77. The summed E-state index contributed by atoms with van der Waals surface area (Å²) in [6.45, 7) is 1.45. The number of benzene rings is 2. The summed E-state index contributed by atoms with van der Waals surface area (Å²) >= 11 is 0. The largest absolute Gasteiger partial charge is 0.365 e. The van der Waals surface area contributed by atoms with E-state index in [1.54, 1.807) is 23.4 Å². The molecule has 1 N–H and O–H groups in total. The molecule has 5 rings (SSSR count). The molecule has 0 bridgehead atoms. The molecule has 3 aromatic rings. The van der Waals surface area contributed by atoms with Gasteiger partial charge in [0.1, 0.15) is 23.6 Å². The molecule has 1 unspecified atom stereocenters. The lowest BCUT2D eigenvalue weighted by Crippen LogP contribution is -2.43. The quantitative estimate of drug-likeness (QED) is 0.582. The number of halogens is 3. The number of nitrogens with zero attached hydrogens (tertiary/aromatic N) is 3. The van der Waals surface area contributed by atoms with Gasteiger partial charge in [-0.05, 0) is 36.6 Å². The Morgan fingerprint density at radius 2 is 1.75 bits per heavy atom. The number of imidazole rings is 1. The van der Waals surface area contributed by atoms with Crippen molar-refractivity contribution in [2.24, 2.45) is 5.92 Å². The van der Waals surface area contributed by atoms with Gasteiger partial charge in [-0.25, -0.2) is 18.2 Å². The van der Waals surface area contributed by atoms with E-state index in [1.165, 1.54) is 18.2 Å². The normalized spacial score (nSPS) is 18.1. The number of hydrogen-bond donors (Lipinski definition) is 1. The molecular formula is C26H25F3N4O3. The summed E-state index contributed by atoms with van der Waals surface area (Å²) in [5.74, 6) is -2.41. The van der Waals surface area contributed by atoms with Crippen LogP contribution in [0.5, 0.6) is 0 Å². The molecule has 36 heavy (non-hydrogen) atoms. The van der Waals surface area contributed by atoms with E-state index in [4.69, 9.17) is 4.74 Å². The summed E-state index contributed by atoms with van der Waals surface area (Å²) in [4.78, 5) is 31.7. The first kappa shape index (κ1) is 24.1. The summed E-state index contributed by atoms with van der Waals surface area (Å²) < 4.78 is 47.9. The fourth-order valence-electron chi connectivity index (χ4n) is 4.67. The lowest BCUT2D eigenvalue weighted by Gasteiger charge is -2.31. The zero-order valence-corrected chi connectivity index (χ0v) is 19.4. The van der Waals surface area contributed by atoms with Crippen LogP contribution in [0.15, 0.2) is 48.8 Å². The first-order valence-electron chi connectivity index (χ1n) is 11.8. The molecular weight excluding hydrogens is 473 g/mol. The maximum Gasteiger partial charge on any atom is 0.274 e. The number of likely N-dealkylation sites (tertiary alicyclic amines) is 1. The first-order chi connectivity index (χ1) is 17.4.